The van der Waals surface area contributed by atoms with Crippen LogP contribution in [0, 0.1) is 0 Å². The predicted molar refractivity (Wildman–Crippen MR) is 127 cm³/mol. The van der Waals surface area contributed by atoms with E-state index in [2.05, 4.69) is 18.7 Å². The number of rotatable bonds is 10. The van der Waals surface area contributed by atoms with Crippen LogP contribution in [-0.2, 0) is 12.4 Å². The van der Waals surface area contributed by atoms with Gasteiger partial charge in [-0.3, -0.25) is 0 Å². The molecule has 1 unspecified atom stereocenters. The van der Waals surface area contributed by atoms with Crippen LogP contribution in [0.15, 0.2) is 42.5 Å². The predicted octanol–water partition coefficient (Wildman–Crippen LogP) is 8.36. The Morgan fingerprint density at radius 2 is 1.26 bits per heavy atom. The zero-order valence-electron chi connectivity index (χ0n) is 19.9. The number of nitrogens with zero attached hydrogens (tertiary/aromatic N) is 1. The van der Waals surface area contributed by atoms with Gasteiger partial charge >= 0.3 is 12.4 Å². The second-order valence-corrected chi connectivity index (χ2v) is 9.01. The first kappa shape index (κ1) is 27.3. The van der Waals surface area contributed by atoms with E-state index in [0.717, 1.165) is 63.0 Å². The van der Waals surface area contributed by atoms with Crippen molar-refractivity contribution in [2.24, 2.45) is 0 Å². The quantitative estimate of drug-likeness (QED) is 0.224. The maximum Gasteiger partial charge on any atom is 0.416 e. The molecule has 3 aromatic carbocycles. The lowest BCUT2D eigenvalue weighted by Crippen LogP contribution is -2.28. The molecule has 0 fully saturated rings. The molecule has 0 saturated heterocycles. The molecule has 1 atom stereocenters. The lowest BCUT2D eigenvalue weighted by molar-refractivity contribution is -0.138. The minimum absolute atomic E-state index is 0.0475. The summed E-state index contributed by atoms with van der Waals surface area (Å²) >= 11 is 0. The van der Waals surface area contributed by atoms with Crippen LogP contribution >= 0.6 is 0 Å². The van der Waals surface area contributed by atoms with E-state index in [1.807, 2.05) is 0 Å². The summed E-state index contributed by atoms with van der Waals surface area (Å²) in [6.07, 6.45) is -5.72. The molecule has 2 nitrogen and oxygen atoms in total. The molecule has 0 heterocycles. The first-order valence-corrected chi connectivity index (χ1v) is 12.0. The van der Waals surface area contributed by atoms with E-state index in [1.165, 1.54) is 12.1 Å². The highest BCUT2D eigenvalue weighted by Gasteiger charge is 2.32. The number of unbranched alkanes of at least 4 members (excludes halogenated alkanes) is 2. The molecule has 192 valence electrons. The fraction of sp³-hybridized carbons (Fsp3) is 0.481. The number of hydrogen-bond donors (Lipinski definition) is 1. The van der Waals surface area contributed by atoms with Crippen molar-refractivity contribution in [3.05, 3.63) is 59.2 Å². The number of fused-ring (bicyclic) bond motifs is 3. The van der Waals surface area contributed by atoms with Gasteiger partial charge in [-0.25, -0.2) is 0 Å². The molecule has 3 aromatic rings. The summed E-state index contributed by atoms with van der Waals surface area (Å²) in [7, 11) is 0. The third kappa shape index (κ3) is 6.67. The first-order chi connectivity index (χ1) is 16.5. The fourth-order valence-corrected chi connectivity index (χ4v) is 4.37. The Balaban J connectivity index is 2.05. The van der Waals surface area contributed by atoms with E-state index in [9.17, 15) is 31.4 Å². The van der Waals surface area contributed by atoms with Crippen molar-refractivity contribution in [2.45, 2.75) is 64.4 Å². The fourth-order valence-electron chi connectivity index (χ4n) is 4.37. The SMILES string of the molecule is CCCCN(CCCC)CCC(O)c1cc2ccc(C(F)(F)F)cc2c2cc(C(F)(F)F)ccc12. The van der Waals surface area contributed by atoms with Crippen LogP contribution in [0.2, 0.25) is 0 Å². The molecular formula is C27H31F6NO. The normalized spacial score (nSPS) is 13.8. The second-order valence-electron chi connectivity index (χ2n) is 9.01. The van der Waals surface area contributed by atoms with E-state index < -0.39 is 29.6 Å². The van der Waals surface area contributed by atoms with Crippen LogP contribution in [0.3, 0.4) is 0 Å². The number of benzene rings is 3. The van der Waals surface area contributed by atoms with Crippen LogP contribution in [0.25, 0.3) is 21.5 Å². The molecule has 0 aliphatic heterocycles. The molecular weight excluding hydrogens is 468 g/mol. The van der Waals surface area contributed by atoms with Gasteiger partial charge < -0.3 is 10.0 Å². The van der Waals surface area contributed by atoms with Crippen LogP contribution in [0.1, 0.15) is 68.7 Å². The molecule has 0 amide bonds. The van der Waals surface area contributed by atoms with Crippen LogP contribution in [-0.4, -0.2) is 29.6 Å². The Kier molecular flexibility index (Phi) is 8.70. The lowest BCUT2D eigenvalue weighted by Gasteiger charge is -2.24. The molecule has 0 bridgehead atoms. The van der Waals surface area contributed by atoms with Gasteiger partial charge in [-0.15, -0.1) is 0 Å². The van der Waals surface area contributed by atoms with Crippen molar-refractivity contribution in [1.29, 1.82) is 0 Å². The van der Waals surface area contributed by atoms with Gasteiger partial charge in [-0.1, -0.05) is 38.8 Å². The molecule has 0 aliphatic carbocycles. The molecule has 0 spiro atoms. The summed E-state index contributed by atoms with van der Waals surface area (Å²) < 4.78 is 80.2. The molecule has 0 aliphatic rings. The van der Waals surface area contributed by atoms with Crippen LogP contribution in [0.5, 0.6) is 0 Å². The highest BCUT2D eigenvalue weighted by atomic mass is 19.4. The Morgan fingerprint density at radius 3 is 1.80 bits per heavy atom. The second kappa shape index (κ2) is 11.2. The average molecular weight is 500 g/mol. The first-order valence-electron chi connectivity index (χ1n) is 12.0. The van der Waals surface area contributed by atoms with Crippen molar-refractivity contribution >= 4 is 21.5 Å². The Morgan fingerprint density at radius 1 is 0.714 bits per heavy atom. The topological polar surface area (TPSA) is 23.5 Å². The molecule has 3 rings (SSSR count). The minimum Gasteiger partial charge on any atom is -0.388 e. The van der Waals surface area contributed by atoms with Gasteiger partial charge in [0.2, 0.25) is 0 Å². The van der Waals surface area contributed by atoms with Crippen LogP contribution < -0.4 is 0 Å². The number of alkyl halides is 6. The Labute approximate surface area is 201 Å². The number of hydrogen-bond acceptors (Lipinski definition) is 2. The average Bonchev–Trinajstić information content (AvgIpc) is 2.81. The van der Waals surface area contributed by atoms with E-state index in [1.54, 1.807) is 6.07 Å². The van der Waals surface area contributed by atoms with Gasteiger partial charge in [0.15, 0.2) is 0 Å². The summed E-state index contributed by atoms with van der Waals surface area (Å²) in [6, 6.07) is 7.68. The van der Waals surface area contributed by atoms with E-state index >= 15 is 0 Å². The summed E-state index contributed by atoms with van der Waals surface area (Å²) in [5, 5.41) is 11.9. The molecule has 0 saturated carbocycles. The van der Waals surface area contributed by atoms with E-state index in [0.29, 0.717) is 29.3 Å². The zero-order chi connectivity index (χ0) is 25.8. The van der Waals surface area contributed by atoms with Crippen molar-refractivity contribution < 1.29 is 31.4 Å². The zero-order valence-corrected chi connectivity index (χ0v) is 19.9. The van der Waals surface area contributed by atoms with E-state index in [-0.39, 0.29) is 10.8 Å². The molecule has 0 aromatic heterocycles. The minimum atomic E-state index is -4.64. The maximum absolute atomic E-state index is 13.4. The van der Waals surface area contributed by atoms with Gasteiger partial charge in [0.05, 0.1) is 17.2 Å². The highest BCUT2D eigenvalue weighted by molar-refractivity contribution is 6.09. The van der Waals surface area contributed by atoms with Gasteiger partial charge in [-0.2, -0.15) is 26.3 Å². The number of halogens is 6. The van der Waals surface area contributed by atoms with Crippen LogP contribution in [0.4, 0.5) is 26.3 Å². The highest BCUT2D eigenvalue weighted by Crippen LogP contribution is 2.40. The van der Waals surface area contributed by atoms with Gasteiger partial charge in [0.25, 0.3) is 0 Å². The van der Waals surface area contributed by atoms with Crippen molar-refractivity contribution in [1.82, 2.24) is 4.90 Å². The standard InChI is InChI=1S/C27H31F6NO/c1-3-5-12-34(13-6-4-2)14-11-25(35)24-15-18-7-8-19(26(28,29)30)16-22(18)23-17-20(27(31,32)33)9-10-21(23)24/h7-10,15-17,25,35H,3-6,11-14H2,1-2H3. The Bertz CT molecular complexity index is 1130. The van der Waals surface area contributed by atoms with Gasteiger partial charge in [-0.05, 0) is 89.8 Å². The summed E-state index contributed by atoms with van der Waals surface area (Å²) in [5.41, 5.74) is -1.45. The van der Waals surface area contributed by atoms with Crippen molar-refractivity contribution in [3.63, 3.8) is 0 Å². The summed E-state index contributed by atoms with van der Waals surface area (Å²) in [6.45, 7) is 6.63. The molecule has 0 radical (unpaired) electrons. The molecule has 8 heteroatoms. The molecule has 1 N–H and O–H groups in total. The maximum atomic E-state index is 13.4. The van der Waals surface area contributed by atoms with E-state index in [4.69, 9.17) is 0 Å². The lowest BCUT2D eigenvalue weighted by atomic mass is 9.91. The summed E-state index contributed by atoms with van der Waals surface area (Å²) in [5.74, 6) is 0. The molecule has 35 heavy (non-hydrogen) atoms. The number of aliphatic hydroxyl groups excluding tert-OH is 1. The number of aliphatic hydroxyl groups is 1. The smallest absolute Gasteiger partial charge is 0.388 e. The van der Waals surface area contributed by atoms with Gasteiger partial charge in [0.1, 0.15) is 0 Å². The summed E-state index contributed by atoms with van der Waals surface area (Å²) in [4.78, 5) is 2.27. The van der Waals surface area contributed by atoms with Crippen molar-refractivity contribution in [3.8, 4) is 0 Å². The third-order valence-electron chi connectivity index (χ3n) is 6.37. The largest absolute Gasteiger partial charge is 0.416 e. The monoisotopic (exact) mass is 499 g/mol. The third-order valence-corrected chi connectivity index (χ3v) is 6.37. The Hall–Kier alpha value is -2.32. The van der Waals surface area contributed by atoms with Gasteiger partial charge in [0, 0.05) is 6.54 Å². The van der Waals surface area contributed by atoms with Crippen molar-refractivity contribution in [2.75, 3.05) is 19.6 Å².